The van der Waals surface area contributed by atoms with Crippen molar-refractivity contribution in [3.63, 3.8) is 0 Å². The lowest BCUT2D eigenvalue weighted by molar-refractivity contribution is -0.948. The number of allylic oxidation sites excluding steroid dienone is 1. The minimum atomic E-state index is -0.711. The van der Waals surface area contributed by atoms with Crippen LogP contribution in [0.15, 0.2) is 39.7 Å². The van der Waals surface area contributed by atoms with E-state index in [0.29, 0.717) is 53.1 Å². The molecule has 2 aliphatic rings. The van der Waals surface area contributed by atoms with Crippen LogP contribution in [0.4, 0.5) is 4.39 Å². The highest BCUT2D eigenvalue weighted by molar-refractivity contribution is 5.79. The molecular formula is C30H38FN4O5+. The smallest absolute Gasteiger partial charge is 0.313 e. The Morgan fingerprint density at radius 1 is 1.27 bits per heavy atom. The highest BCUT2D eigenvalue weighted by Gasteiger charge is 2.37. The number of carbonyl (C=O) groups excluding carboxylic acids is 1. The van der Waals surface area contributed by atoms with Gasteiger partial charge in [0.15, 0.2) is 5.58 Å². The molecule has 1 N–H and O–H groups in total. The van der Waals surface area contributed by atoms with Crippen LogP contribution in [0.25, 0.3) is 11.0 Å². The summed E-state index contributed by atoms with van der Waals surface area (Å²) in [5.41, 5.74) is 2.49. The average molecular weight is 554 g/mol. The number of aliphatic hydroxyl groups excluding tert-OH is 1. The van der Waals surface area contributed by atoms with Crippen molar-refractivity contribution in [2.24, 2.45) is 0 Å². The average Bonchev–Trinajstić information content (AvgIpc) is 3.36. The third kappa shape index (κ3) is 5.88. The standard InChI is InChI=1S/C30H38FN4O5/c1-3-4-5-8-27(37)39-19-35(17-13-23-20(2)32-29-25(36)7-6-14-34(29)30(23)38)15-11-21(12-16-35)28-24-10-9-22(31)18-26(24)40-33-28/h4-5,9-10,18,21,25,36H,3,6-8,11-17,19H2,1-2H3/q+1. The van der Waals surface area contributed by atoms with Gasteiger partial charge in [-0.25, -0.2) is 9.37 Å². The summed E-state index contributed by atoms with van der Waals surface area (Å²) in [7, 11) is 0. The number of ether oxygens (including phenoxy) is 1. The molecule has 1 aromatic carbocycles. The Morgan fingerprint density at radius 2 is 2.08 bits per heavy atom. The number of rotatable bonds is 9. The number of benzene rings is 1. The van der Waals surface area contributed by atoms with E-state index in [0.717, 1.165) is 49.9 Å². The number of quaternary nitrogens is 1. The minimum Gasteiger partial charge on any atom is -0.415 e. The molecule has 2 aliphatic heterocycles. The van der Waals surface area contributed by atoms with Gasteiger partial charge in [-0.15, -0.1) is 0 Å². The summed E-state index contributed by atoms with van der Waals surface area (Å²) in [5, 5.41) is 15.4. The largest absolute Gasteiger partial charge is 0.415 e. The predicted octanol–water partition coefficient (Wildman–Crippen LogP) is 4.45. The number of carbonyl (C=O) groups is 1. The third-order valence-electron chi connectivity index (χ3n) is 8.43. The van der Waals surface area contributed by atoms with Crippen LogP contribution < -0.4 is 5.56 Å². The molecule has 3 aromatic rings. The maximum absolute atomic E-state index is 13.7. The van der Waals surface area contributed by atoms with Crippen LogP contribution in [0, 0.1) is 12.7 Å². The zero-order valence-electron chi connectivity index (χ0n) is 23.3. The number of likely N-dealkylation sites (tertiary alicyclic amines) is 1. The molecule has 0 saturated carbocycles. The molecular weight excluding hydrogens is 515 g/mol. The minimum absolute atomic E-state index is 0.0858. The number of aliphatic hydroxyl groups is 1. The SMILES string of the molecule is CCC=CCC(=O)OC[N+]1(CCc2c(C)nc3n(c2=O)CCCC3O)CCC(c2noc3cc(F)ccc23)CC1. The number of halogens is 1. The third-order valence-corrected chi connectivity index (χ3v) is 8.43. The van der Waals surface area contributed by atoms with Gasteiger partial charge in [-0.1, -0.05) is 24.2 Å². The Labute approximate surface area is 232 Å². The van der Waals surface area contributed by atoms with Crippen LogP contribution in [0.5, 0.6) is 0 Å². The van der Waals surface area contributed by atoms with Gasteiger partial charge in [0.25, 0.3) is 5.56 Å². The molecule has 214 valence electrons. The molecule has 0 bridgehead atoms. The van der Waals surface area contributed by atoms with Gasteiger partial charge in [0.05, 0.1) is 31.7 Å². The first-order chi connectivity index (χ1) is 19.3. The molecule has 9 nitrogen and oxygen atoms in total. The van der Waals surface area contributed by atoms with Crippen LogP contribution in [0.2, 0.25) is 0 Å². The molecule has 0 amide bonds. The fourth-order valence-electron chi connectivity index (χ4n) is 6.05. The fraction of sp³-hybridized carbons (Fsp3) is 0.533. The summed E-state index contributed by atoms with van der Waals surface area (Å²) in [6.45, 7) is 6.72. The molecule has 1 atom stereocenters. The Morgan fingerprint density at radius 3 is 2.85 bits per heavy atom. The summed E-state index contributed by atoms with van der Waals surface area (Å²) in [4.78, 5) is 30.5. The van der Waals surface area contributed by atoms with Crippen molar-refractivity contribution in [3.8, 4) is 0 Å². The maximum atomic E-state index is 13.7. The van der Waals surface area contributed by atoms with Gasteiger partial charge in [0.2, 0.25) is 6.73 Å². The van der Waals surface area contributed by atoms with Gasteiger partial charge < -0.3 is 14.4 Å². The molecule has 2 aromatic heterocycles. The van der Waals surface area contributed by atoms with Crippen LogP contribution in [-0.4, -0.2) is 56.6 Å². The zero-order valence-corrected chi connectivity index (χ0v) is 23.3. The van der Waals surface area contributed by atoms with E-state index in [-0.39, 0.29) is 36.4 Å². The Balaban J connectivity index is 1.34. The van der Waals surface area contributed by atoms with E-state index in [9.17, 15) is 19.1 Å². The molecule has 1 fully saturated rings. The van der Waals surface area contributed by atoms with Crippen molar-refractivity contribution in [1.82, 2.24) is 14.7 Å². The molecule has 0 spiro atoms. The quantitative estimate of drug-likeness (QED) is 0.237. The molecule has 40 heavy (non-hydrogen) atoms. The van der Waals surface area contributed by atoms with Gasteiger partial charge in [-0.2, -0.15) is 0 Å². The molecule has 1 saturated heterocycles. The van der Waals surface area contributed by atoms with Crippen LogP contribution >= 0.6 is 0 Å². The number of aromatic nitrogens is 3. The van der Waals surface area contributed by atoms with Crippen molar-refractivity contribution >= 4 is 16.9 Å². The zero-order chi connectivity index (χ0) is 28.3. The number of piperidine rings is 1. The highest BCUT2D eigenvalue weighted by Crippen LogP contribution is 2.35. The van der Waals surface area contributed by atoms with E-state index in [1.807, 2.05) is 26.0 Å². The topological polar surface area (TPSA) is 107 Å². The number of fused-ring (bicyclic) bond motifs is 2. The Kier molecular flexibility index (Phi) is 8.46. The van der Waals surface area contributed by atoms with Gasteiger partial charge in [0, 0.05) is 54.4 Å². The van der Waals surface area contributed by atoms with Gasteiger partial charge >= 0.3 is 5.97 Å². The summed E-state index contributed by atoms with van der Waals surface area (Å²) in [5.74, 6) is -0.0339. The van der Waals surface area contributed by atoms with Crippen molar-refractivity contribution < 1.29 is 28.0 Å². The molecule has 1 unspecified atom stereocenters. The summed E-state index contributed by atoms with van der Waals surface area (Å²) in [6, 6.07) is 4.49. The molecule has 0 aliphatic carbocycles. The lowest BCUT2D eigenvalue weighted by Gasteiger charge is -2.42. The van der Waals surface area contributed by atoms with Gasteiger partial charge in [-0.3, -0.25) is 18.6 Å². The van der Waals surface area contributed by atoms with Crippen LogP contribution in [0.1, 0.15) is 80.2 Å². The highest BCUT2D eigenvalue weighted by atomic mass is 19.1. The first-order valence-electron chi connectivity index (χ1n) is 14.3. The fourth-order valence-corrected chi connectivity index (χ4v) is 6.05. The number of esters is 1. The van der Waals surface area contributed by atoms with Crippen molar-refractivity contribution in [2.45, 2.75) is 77.4 Å². The van der Waals surface area contributed by atoms with Crippen molar-refractivity contribution in [2.75, 3.05) is 26.4 Å². The summed E-state index contributed by atoms with van der Waals surface area (Å²) >= 11 is 0. The second-order valence-electron chi connectivity index (χ2n) is 11.1. The number of hydrogen-bond donors (Lipinski definition) is 1. The van der Waals surface area contributed by atoms with Crippen LogP contribution in [0.3, 0.4) is 0 Å². The monoisotopic (exact) mass is 553 g/mol. The molecule has 4 heterocycles. The lowest BCUT2D eigenvalue weighted by Crippen LogP contribution is -2.55. The van der Waals surface area contributed by atoms with Crippen molar-refractivity contribution in [1.29, 1.82) is 0 Å². The molecule has 10 heteroatoms. The molecule has 5 rings (SSSR count). The predicted molar refractivity (Wildman–Crippen MR) is 147 cm³/mol. The Bertz CT molecular complexity index is 1450. The van der Waals surface area contributed by atoms with Crippen molar-refractivity contribution in [3.05, 3.63) is 69.3 Å². The van der Waals surface area contributed by atoms with E-state index in [2.05, 4.69) is 10.1 Å². The Hall–Kier alpha value is -3.37. The van der Waals surface area contributed by atoms with E-state index < -0.39 is 6.10 Å². The number of aryl methyl sites for hydroxylation is 1. The summed E-state index contributed by atoms with van der Waals surface area (Å²) < 4.78 is 27.0. The van der Waals surface area contributed by atoms with E-state index in [1.165, 1.54) is 12.1 Å². The lowest BCUT2D eigenvalue weighted by atomic mass is 9.90. The number of hydrogen-bond acceptors (Lipinski definition) is 7. The first-order valence-corrected chi connectivity index (χ1v) is 14.3. The van der Waals surface area contributed by atoms with E-state index in [1.54, 1.807) is 10.6 Å². The first kappa shape index (κ1) is 28.2. The summed E-state index contributed by atoms with van der Waals surface area (Å²) in [6.07, 6.45) is 7.59. The van der Waals surface area contributed by atoms with Gasteiger partial charge in [-0.05, 0) is 38.3 Å². The second kappa shape index (κ2) is 12.0. The molecule has 0 radical (unpaired) electrons. The van der Waals surface area contributed by atoms with E-state index >= 15 is 0 Å². The van der Waals surface area contributed by atoms with Gasteiger partial charge in [0.1, 0.15) is 17.7 Å². The normalized spacial score (nSPS) is 23.0. The van der Waals surface area contributed by atoms with E-state index in [4.69, 9.17) is 9.26 Å². The number of nitrogens with zero attached hydrogens (tertiary/aromatic N) is 4. The van der Waals surface area contributed by atoms with Crippen LogP contribution in [-0.2, 0) is 22.5 Å². The maximum Gasteiger partial charge on any atom is 0.313 e. The second-order valence-corrected chi connectivity index (χ2v) is 11.1.